The first kappa shape index (κ1) is 12.7. The molecule has 1 N–H and O–H groups in total. The lowest BCUT2D eigenvalue weighted by Gasteiger charge is -2.03. The minimum Gasteiger partial charge on any atom is -0.411 e. The van der Waals surface area contributed by atoms with Crippen molar-refractivity contribution in [3.05, 3.63) is 76.4 Å². The average Bonchev–Trinajstić information content (AvgIpc) is 3.04. The molecule has 0 atom stereocenters. The van der Waals surface area contributed by atoms with Gasteiger partial charge in [0.2, 0.25) is 0 Å². The molecule has 4 nitrogen and oxygen atoms in total. The maximum Gasteiger partial charge on any atom is 0.198 e. The molecule has 2 aliphatic rings. The summed E-state index contributed by atoms with van der Waals surface area (Å²) in [5, 5.41) is 12.5. The fraction of sp³-hybridized carbons (Fsp3) is 0.0556. The first-order valence-corrected chi connectivity index (χ1v) is 6.94. The Morgan fingerprint density at radius 2 is 1.27 bits per heavy atom. The van der Waals surface area contributed by atoms with Gasteiger partial charge in [0.25, 0.3) is 0 Å². The molecule has 4 heteroatoms. The largest absolute Gasteiger partial charge is 0.411 e. The van der Waals surface area contributed by atoms with Crippen molar-refractivity contribution < 1.29 is 14.8 Å². The Morgan fingerprint density at radius 1 is 0.773 bits per heavy atom. The molecule has 2 aromatic rings. The molecule has 0 unspecified atom stereocenters. The van der Waals surface area contributed by atoms with E-state index in [4.69, 9.17) is 0 Å². The standard InChI is InChI=1S/C18H11NO3/c20-17-12-7-3-4-8-13(12)18(21)16(17)14-9-15(19-22)11-6-2-1-5-10(11)14/h1-8,22H,9H2/b19-15-. The summed E-state index contributed by atoms with van der Waals surface area (Å²) in [6, 6.07) is 14.2. The molecule has 0 saturated carbocycles. The van der Waals surface area contributed by atoms with E-state index < -0.39 is 0 Å². The lowest BCUT2D eigenvalue weighted by molar-refractivity contribution is 0.0989. The molecule has 4 rings (SSSR count). The van der Waals surface area contributed by atoms with Crippen LogP contribution in [-0.2, 0) is 0 Å². The maximum absolute atomic E-state index is 12.6. The van der Waals surface area contributed by atoms with Crippen LogP contribution >= 0.6 is 0 Å². The molecule has 22 heavy (non-hydrogen) atoms. The van der Waals surface area contributed by atoms with Crippen LogP contribution in [0.3, 0.4) is 0 Å². The van der Waals surface area contributed by atoms with Gasteiger partial charge in [-0.1, -0.05) is 53.7 Å². The van der Waals surface area contributed by atoms with E-state index in [0.717, 1.165) is 11.1 Å². The smallest absolute Gasteiger partial charge is 0.198 e. The van der Waals surface area contributed by atoms with Crippen LogP contribution in [0.5, 0.6) is 0 Å². The predicted molar refractivity (Wildman–Crippen MR) is 81.4 cm³/mol. The zero-order valence-corrected chi connectivity index (χ0v) is 11.5. The minimum atomic E-state index is -0.246. The molecule has 0 saturated heterocycles. The normalized spacial score (nSPS) is 18.1. The Bertz CT molecular complexity index is 869. The molecule has 0 fully saturated rings. The van der Waals surface area contributed by atoms with E-state index in [2.05, 4.69) is 5.16 Å². The summed E-state index contributed by atoms with van der Waals surface area (Å²) >= 11 is 0. The van der Waals surface area contributed by atoms with Crippen molar-refractivity contribution in [3.63, 3.8) is 0 Å². The third kappa shape index (κ3) is 1.55. The highest BCUT2D eigenvalue weighted by atomic mass is 16.4. The van der Waals surface area contributed by atoms with Crippen molar-refractivity contribution in [1.29, 1.82) is 0 Å². The highest BCUT2D eigenvalue weighted by Crippen LogP contribution is 2.39. The number of hydrogen-bond donors (Lipinski definition) is 1. The van der Waals surface area contributed by atoms with E-state index in [1.165, 1.54) is 0 Å². The van der Waals surface area contributed by atoms with Crippen LogP contribution in [0.4, 0.5) is 0 Å². The topological polar surface area (TPSA) is 66.7 Å². The summed E-state index contributed by atoms with van der Waals surface area (Å²) in [6.07, 6.45) is 0.288. The van der Waals surface area contributed by atoms with Gasteiger partial charge in [-0.15, -0.1) is 0 Å². The number of carbonyl (C=O) groups is 2. The van der Waals surface area contributed by atoms with Crippen molar-refractivity contribution in [1.82, 2.24) is 0 Å². The van der Waals surface area contributed by atoms with Gasteiger partial charge in [0, 0.05) is 23.1 Å². The van der Waals surface area contributed by atoms with E-state index in [9.17, 15) is 14.8 Å². The van der Waals surface area contributed by atoms with E-state index in [1.54, 1.807) is 24.3 Å². The fourth-order valence-corrected chi connectivity index (χ4v) is 3.19. The number of carbonyl (C=O) groups excluding carboxylic acids is 2. The van der Waals surface area contributed by atoms with E-state index in [1.807, 2.05) is 24.3 Å². The summed E-state index contributed by atoms with van der Waals surface area (Å²) in [4.78, 5) is 25.2. The Kier molecular flexibility index (Phi) is 2.60. The molecule has 106 valence electrons. The van der Waals surface area contributed by atoms with Crippen molar-refractivity contribution in [2.75, 3.05) is 0 Å². The SMILES string of the molecule is O=C1C(=C2C/C(=N/O)c3ccccc32)C(=O)c2ccccc21. The fourth-order valence-electron chi connectivity index (χ4n) is 3.19. The number of fused-ring (bicyclic) bond motifs is 2. The van der Waals surface area contributed by atoms with Gasteiger partial charge in [0.1, 0.15) is 0 Å². The lowest BCUT2D eigenvalue weighted by atomic mass is 9.98. The van der Waals surface area contributed by atoms with Crippen LogP contribution in [0.2, 0.25) is 0 Å². The highest BCUT2D eigenvalue weighted by molar-refractivity contribution is 6.43. The number of Topliss-reactive ketones (excluding diaryl/α,β-unsaturated/α-hetero) is 2. The predicted octanol–water partition coefficient (Wildman–Crippen LogP) is 3.10. The molecule has 2 aliphatic carbocycles. The first-order valence-electron chi connectivity index (χ1n) is 6.94. The van der Waals surface area contributed by atoms with Gasteiger partial charge in [0.15, 0.2) is 11.6 Å². The van der Waals surface area contributed by atoms with Gasteiger partial charge in [-0.2, -0.15) is 0 Å². The number of oxime groups is 1. The van der Waals surface area contributed by atoms with Crippen molar-refractivity contribution in [2.45, 2.75) is 6.42 Å². The van der Waals surface area contributed by atoms with Crippen LogP contribution < -0.4 is 0 Å². The van der Waals surface area contributed by atoms with Crippen LogP contribution in [0, 0.1) is 0 Å². The molecule has 0 bridgehead atoms. The number of rotatable bonds is 0. The monoisotopic (exact) mass is 289 g/mol. The second-order valence-corrected chi connectivity index (χ2v) is 5.33. The summed E-state index contributed by atoms with van der Waals surface area (Å²) in [6.45, 7) is 0. The number of nitrogens with zero attached hydrogens (tertiary/aromatic N) is 1. The van der Waals surface area contributed by atoms with Gasteiger partial charge >= 0.3 is 0 Å². The quantitative estimate of drug-likeness (QED) is 0.351. The molecule has 0 aromatic heterocycles. The van der Waals surface area contributed by atoms with E-state index in [-0.39, 0.29) is 23.6 Å². The molecule has 0 aliphatic heterocycles. The molecular weight excluding hydrogens is 278 g/mol. The summed E-state index contributed by atoms with van der Waals surface area (Å²) in [5.41, 5.74) is 3.78. The van der Waals surface area contributed by atoms with E-state index >= 15 is 0 Å². The van der Waals surface area contributed by atoms with Gasteiger partial charge in [-0.05, 0) is 11.1 Å². The summed E-state index contributed by atoms with van der Waals surface area (Å²) in [5.74, 6) is -0.491. The molecule has 0 amide bonds. The van der Waals surface area contributed by atoms with Gasteiger partial charge < -0.3 is 5.21 Å². The second-order valence-electron chi connectivity index (χ2n) is 5.33. The highest BCUT2D eigenvalue weighted by Gasteiger charge is 2.38. The van der Waals surface area contributed by atoms with Crippen molar-refractivity contribution >= 4 is 22.9 Å². The van der Waals surface area contributed by atoms with Crippen molar-refractivity contribution in [3.8, 4) is 0 Å². The molecule has 2 aromatic carbocycles. The molecule has 0 radical (unpaired) electrons. The van der Waals surface area contributed by atoms with Gasteiger partial charge in [0.05, 0.1) is 11.3 Å². The molecular formula is C18H11NO3. The Labute approximate surface area is 126 Å². The van der Waals surface area contributed by atoms with Crippen LogP contribution in [0.15, 0.2) is 59.3 Å². The van der Waals surface area contributed by atoms with Crippen LogP contribution in [-0.4, -0.2) is 22.5 Å². The molecule has 0 heterocycles. The molecule has 0 spiro atoms. The van der Waals surface area contributed by atoms with Crippen molar-refractivity contribution in [2.24, 2.45) is 5.16 Å². The number of benzene rings is 2. The summed E-state index contributed by atoms with van der Waals surface area (Å²) < 4.78 is 0. The third-order valence-corrected chi connectivity index (χ3v) is 4.20. The number of allylic oxidation sites excluding steroid dienone is 2. The van der Waals surface area contributed by atoms with E-state index in [0.29, 0.717) is 22.4 Å². The van der Waals surface area contributed by atoms with Crippen LogP contribution in [0.25, 0.3) is 5.57 Å². The Balaban J connectivity index is 1.99. The zero-order valence-electron chi connectivity index (χ0n) is 11.5. The maximum atomic E-state index is 12.6. The lowest BCUT2D eigenvalue weighted by Crippen LogP contribution is -2.04. The van der Waals surface area contributed by atoms with Gasteiger partial charge in [-0.25, -0.2) is 0 Å². The minimum absolute atomic E-state index is 0.201. The average molecular weight is 289 g/mol. The van der Waals surface area contributed by atoms with Crippen LogP contribution in [0.1, 0.15) is 38.3 Å². The second kappa shape index (κ2) is 4.49. The number of ketones is 2. The zero-order chi connectivity index (χ0) is 15.3. The summed E-state index contributed by atoms with van der Waals surface area (Å²) in [7, 11) is 0. The Hall–Kier alpha value is -3.01. The first-order chi connectivity index (χ1) is 10.7. The van der Waals surface area contributed by atoms with Gasteiger partial charge in [-0.3, -0.25) is 9.59 Å². The Morgan fingerprint density at radius 3 is 1.82 bits per heavy atom. The third-order valence-electron chi connectivity index (χ3n) is 4.20. The number of hydrogen-bond acceptors (Lipinski definition) is 4.